The van der Waals surface area contributed by atoms with Crippen LogP contribution in [0.4, 0.5) is 0 Å². The number of rotatable bonds is 6. The third-order valence-electron chi connectivity index (χ3n) is 5.30. The molecule has 1 atom stereocenters. The van der Waals surface area contributed by atoms with Crippen LogP contribution in [0.5, 0.6) is 0 Å². The van der Waals surface area contributed by atoms with Crippen LogP contribution in [0.15, 0.2) is 127 Å². The van der Waals surface area contributed by atoms with Crippen LogP contribution in [0.3, 0.4) is 0 Å². The van der Waals surface area contributed by atoms with Crippen LogP contribution in [0, 0.1) is 0 Å². The second-order valence-corrected chi connectivity index (χ2v) is 12.2. The van der Waals surface area contributed by atoms with Crippen LogP contribution >= 0.6 is 7.92 Å². The fourth-order valence-corrected chi connectivity index (χ4v) is 7.20. The van der Waals surface area contributed by atoms with Crippen molar-refractivity contribution in [3.63, 3.8) is 0 Å². The standard InChI is InChI=1S/C18H15P.C10H15NO2S.Au.H2/c1-4-10-16(11-5-1)19(17-12-6-2-7-13-17)18-14-8-3-9-15-18;1-4-5-6-10-9(2)7-8-11(10)14(3,12)13;;/h1-15H;4,6-7H,1,5,8H2,2-3H3;;1H/q;+1;;/p+1. The zero-order chi connectivity index (χ0) is 23.7. The van der Waals surface area contributed by atoms with Gasteiger partial charge in [0, 0.05) is 23.8 Å². The monoisotopic (exact) mass is 675 g/mol. The van der Waals surface area contributed by atoms with E-state index in [9.17, 15) is 8.76 Å². The molecule has 3 aromatic rings. The van der Waals surface area contributed by atoms with Crippen LogP contribution in [-0.2, 0) is 41.5 Å². The van der Waals surface area contributed by atoms with E-state index in [1.165, 1.54) is 26.5 Å². The Hall–Kier alpha value is -2.04. The normalized spacial score (nSPS) is 15.6. The molecule has 0 saturated carbocycles. The van der Waals surface area contributed by atoms with Crippen molar-refractivity contribution in [2.75, 3.05) is 12.8 Å². The van der Waals surface area contributed by atoms with Crippen LogP contribution in [0.25, 0.3) is 0 Å². The molecule has 0 aromatic heterocycles. The first-order valence-corrected chi connectivity index (χ1v) is 14.3. The van der Waals surface area contributed by atoms with Gasteiger partial charge in [-0.3, -0.25) is 0 Å². The summed E-state index contributed by atoms with van der Waals surface area (Å²) in [7, 11) is -4.01. The van der Waals surface area contributed by atoms with E-state index >= 15 is 0 Å². The first-order chi connectivity index (χ1) is 15.9. The smallest absolute Gasteiger partial charge is 0.160 e. The molecule has 1 unspecified atom stereocenters. The Bertz CT molecular complexity index is 1060. The van der Waals surface area contributed by atoms with Crippen molar-refractivity contribution in [3.8, 4) is 0 Å². The number of nitrogens with zero attached hydrogens (tertiary/aromatic N) is 1. The summed E-state index contributed by atoms with van der Waals surface area (Å²) in [6, 6.07) is 32.5. The first kappa shape index (κ1) is 28.2. The second-order valence-electron chi connectivity index (χ2n) is 7.77. The zero-order valence-corrected chi connectivity index (χ0v) is 23.5. The topological polar surface area (TPSA) is 40.2 Å². The van der Waals surface area contributed by atoms with Crippen LogP contribution in [0.2, 0.25) is 0 Å². The van der Waals surface area contributed by atoms with Crippen molar-refractivity contribution in [1.82, 2.24) is 4.31 Å². The average Bonchev–Trinajstić information content (AvgIpc) is 3.21. The number of sulfonamides is 1. The van der Waals surface area contributed by atoms with Gasteiger partial charge in [0.2, 0.25) is 0 Å². The predicted molar refractivity (Wildman–Crippen MR) is 147 cm³/mol. The van der Waals surface area contributed by atoms with Crippen molar-refractivity contribution >= 4 is 34.2 Å². The van der Waals surface area contributed by atoms with E-state index in [-0.39, 0.29) is 23.8 Å². The third kappa shape index (κ3) is 7.74. The largest absolute Gasteiger partial charge is 0.353 e. The Labute approximate surface area is 223 Å². The second kappa shape index (κ2) is 13.7. The Morgan fingerprint density at radius 1 is 0.912 bits per heavy atom. The van der Waals surface area contributed by atoms with Crippen molar-refractivity contribution in [2.45, 2.75) is 13.3 Å². The molecule has 1 aliphatic heterocycles. The summed E-state index contributed by atoms with van der Waals surface area (Å²) < 4.78 is 24.2. The van der Waals surface area contributed by atoms with Crippen LogP contribution < -0.4 is 15.9 Å². The summed E-state index contributed by atoms with van der Waals surface area (Å²) in [6.45, 7) is 5.97. The summed E-state index contributed by atoms with van der Waals surface area (Å²) in [5.74, 6) is 0. The number of hydrogen-bond acceptors (Lipinski definition) is 1. The molecule has 0 N–H and O–H groups in total. The maximum absolute atomic E-state index is 11.4. The molecule has 2 radical (unpaired) electrons. The molecule has 0 amide bonds. The fourth-order valence-electron chi connectivity index (χ4n) is 3.71. The molecule has 34 heavy (non-hydrogen) atoms. The minimum Gasteiger partial charge on any atom is -0.160 e. The summed E-state index contributed by atoms with van der Waals surface area (Å²) in [5.41, 5.74) is 1.80. The molecular formula is C28H33AuNO2PS+2. The average molecular weight is 676 g/mol. The summed E-state index contributed by atoms with van der Waals surface area (Å²) in [4.78, 5) is 0. The van der Waals surface area contributed by atoms with Gasteiger partial charge in [-0.2, -0.15) is 4.31 Å². The fraction of sp³-hybridized carbons (Fsp3) is 0.143. The molecular weight excluding hydrogens is 642 g/mol. The maximum Gasteiger partial charge on any atom is 0.353 e. The van der Waals surface area contributed by atoms with Gasteiger partial charge in [0.25, 0.3) is 0 Å². The number of allylic oxidation sites excluding steroid dienone is 3. The SMILES string of the molecule is C=CCC=C1C(C)=CCN1[S+](C)([O])=O.[Au].[HH].c1ccc([PH+](c2ccccc2)c2ccccc2)cc1. The van der Waals surface area contributed by atoms with E-state index in [1.54, 1.807) is 6.08 Å². The quantitative estimate of drug-likeness (QED) is 0.147. The molecule has 4 rings (SSSR count). The molecule has 1 aliphatic rings. The van der Waals surface area contributed by atoms with E-state index < -0.39 is 18.3 Å². The van der Waals surface area contributed by atoms with Gasteiger partial charge in [-0.05, 0) is 59.5 Å². The molecule has 0 aliphatic carbocycles. The van der Waals surface area contributed by atoms with Crippen LogP contribution in [-0.4, -0.2) is 17.1 Å². The van der Waals surface area contributed by atoms with Crippen molar-refractivity contribution in [3.05, 3.63) is 127 Å². The van der Waals surface area contributed by atoms with Gasteiger partial charge < -0.3 is 0 Å². The molecule has 1 heterocycles. The minimum absolute atomic E-state index is 0. The third-order valence-corrected chi connectivity index (χ3v) is 9.18. The van der Waals surface area contributed by atoms with Crippen molar-refractivity contribution < 1.29 is 32.6 Å². The van der Waals surface area contributed by atoms with Gasteiger partial charge in [0.1, 0.15) is 15.9 Å². The Morgan fingerprint density at radius 3 is 1.68 bits per heavy atom. The van der Waals surface area contributed by atoms with E-state index in [0.29, 0.717) is 13.0 Å². The summed E-state index contributed by atoms with van der Waals surface area (Å²) in [6.07, 6.45) is 7.45. The molecule has 182 valence electrons. The Balaban J connectivity index is 0.000000346. The zero-order valence-electron chi connectivity index (χ0n) is 19.5. The molecule has 0 saturated heterocycles. The molecule has 0 spiro atoms. The molecule has 6 heteroatoms. The van der Waals surface area contributed by atoms with E-state index in [2.05, 4.69) is 97.6 Å². The summed E-state index contributed by atoms with van der Waals surface area (Å²) >= 11 is 0. The van der Waals surface area contributed by atoms with Crippen molar-refractivity contribution in [2.24, 2.45) is 0 Å². The molecule has 0 fully saturated rings. The van der Waals surface area contributed by atoms with Crippen LogP contribution in [0.1, 0.15) is 14.8 Å². The van der Waals surface area contributed by atoms with E-state index in [4.69, 9.17) is 0 Å². The van der Waals surface area contributed by atoms with Gasteiger partial charge in [-0.15, -0.1) is 6.58 Å². The van der Waals surface area contributed by atoms with Gasteiger partial charge in [0.15, 0.2) is 6.26 Å². The molecule has 0 bridgehead atoms. The Kier molecular flexibility index (Phi) is 11.4. The Morgan fingerprint density at radius 2 is 1.32 bits per heavy atom. The maximum atomic E-state index is 11.4. The number of benzene rings is 3. The van der Waals surface area contributed by atoms with E-state index in [0.717, 1.165) is 11.3 Å². The van der Waals surface area contributed by atoms with Crippen molar-refractivity contribution in [1.29, 1.82) is 0 Å². The van der Waals surface area contributed by atoms with Gasteiger partial charge in [-0.25, -0.2) is 0 Å². The first-order valence-electron chi connectivity index (χ1n) is 10.9. The summed E-state index contributed by atoms with van der Waals surface area (Å²) in [5, 5.41) is 4.31. The van der Waals surface area contributed by atoms with Gasteiger partial charge in [-0.1, -0.05) is 72.8 Å². The van der Waals surface area contributed by atoms with Gasteiger partial charge in [0.05, 0.1) is 24.7 Å². The predicted octanol–water partition coefficient (Wildman–Crippen LogP) is 5.52. The van der Waals surface area contributed by atoms with Gasteiger partial charge >= 0.3 is 10.4 Å². The van der Waals surface area contributed by atoms with E-state index in [1.807, 2.05) is 19.1 Å². The molecule has 3 aromatic carbocycles. The molecule has 3 nitrogen and oxygen atoms in total. The number of hydrogen-bond donors (Lipinski definition) is 0. The minimum atomic E-state index is -3.14.